The number of halogens is 1. The Bertz CT molecular complexity index is 479. The van der Waals surface area contributed by atoms with E-state index in [-0.39, 0.29) is 11.9 Å². The van der Waals surface area contributed by atoms with Gasteiger partial charge < -0.3 is 20.6 Å². The van der Waals surface area contributed by atoms with Crippen LogP contribution in [0, 0.1) is 0 Å². The lowest BCUT2D eigenvalue weighted by molar-refractivity contribution is 0.0384. The predicted octanol–water partition coefficient (Wildman–Crippen LogP) is 2.16. The first kappa shape index (κ1) is 14.1. The summed E-state index contributed by atoms with van der Waals surface area (Å²) < 4.78 is 6.64. The molecule has 0 radical (unpaired) electrons. The fourth-order valence-corrected chi connectivity index (χ4v) is 2.57. The minimum absolute atomic E-state index is 0.127. The molecule has 1 atom stereocenters. The third-order valence-electron chi connectivity index (χ3n) is 3.28. The Morgan fingerprint density at radius 2 is 2.42 bits per heavy atom. The summed E-state index contributed by atoms with van der Waals surface area (Å²) in [7, 11) is 0. The molecule has 1 aliphatic rings. The zero-order valence-electron chi connectivity index (χ0n) is 10.8. The largest absolute Gasteiger partial charge is 0.409 e. The number of hydrogen-bond acceptors (Lipinski definition) is 4. The zero-order chi connectivity index (χ0) is 13.8. The summed E-state index contributed by atoms with van der Waals surface area (Å²) in [6.07, 6.45) is 1.21. The van der Waals surface area contributed by atoms with Crippen LogP contribution in [-0.2, 0) is 4.74 Å². The number of morpholine rings is 1. The number of nitrogens with two attached hydrogens (primary N) is 1. The molecule has 0 spiro atoms. The summed E-state index contributed by atoms with van der Waals surface area (Å²) in [5, 5.41) is 12.0. The number of anilines is 1. The van der Waals surface area contributed by atoms with Gasteiger partial charge in [0.15, 0.2) is 5.84 Å². The number of oxime groups is 1. The van der Waals surface area contributed by atoms with Crippen molar-refractivity contribution in [2.45, 2.75) is 19.4 Å². The number of amidine groups is 1. The Kier molecular flexibility index (Phi) is 4.66. The van der Waals surface area contributed by atoms with Gasteiger partial charge in [0.2, 0.25) is 0 Å². The molecule has 0 saturated carbocycles. The number of rotatable bonds is 3. The highest BCUT2D eigenvalue weighted by Crippen LogP contribution is 2.27. The minimum atomic E-state index is 0.127. The Morgan fingerprint density at radius 3 is 3.11 bits per heavy atom. The highest BCUT2D eigenvalue weighted by molar-refractivity contribution is 9.10. The molecule has 1 aromatic rings. The van der Waals surface area contributed by atoms with Crippen LogP contribution in [0.15, 0.2) is 27.8 Å². The Morgan fingerprint density at radius 1 is 1.63 bits per heavy atom. The molecular weight excluding hydrogens is 310 g/mol. The van der Waals surface area contributed by atoms with E-state index in [1.54, 1.807) is 0 Å². The lowest BCUT2D eigenvalue weighted by Gasteiger charge is -2.35. The summed E-state index contributed by atoms with van der Waals surface area (Å²) in [5.41, 5.74) is 7.45. The third kappa shape index (κ3) is 3.19. The van der Waals surface area contributed by atoms with Crippen molar-refractivity contribution in [1.29, 1.82) is 0 Å². The summed E-state index contributed by atoms with van der Waals surface area (Å²) in [6, 6.07) is 5.73. The van der Waals surface area contributed by atoms with Crippen molar-refractivity contribution in [1.82, 2.24) is 0 Å². The molecule has 6 heteroatoms. The van der Waals surface area contributed by atoms with Gasteiger partial charge in [0.25, 0.3) is 0 Å². The third-order valence-corrected chi connectivity index (χ3v) is 3.77. The number of benzene rings is 1. The van der Waals surface area contributed by atoms with E-state index in [2.05, 4.69) is 32.9 Å². The molecule has 0 amide bonds. The van der Waals surface area contributed by atoms with Gasteiger partial charge in [-0.2, -0.15) is 0 Å². The second-order valence-corrected chi connectivity index (χ2v) is 5.41. The van der Waals surface area contributed by atoms with Crippen molar-refractivity contribution >= 4 is 27.5 Å². The average molecular weight is 328 g/mol. The maximum Gasteiger partial charge on any atom is 0.172 e. The SMILES string of the molecule is CCC1CN(c2cc(Br)ccc2/C(N)=N/O)CCO1. The highest BCUT2D eigenvalue weighted by Gasteiger charge is 2.22. The normalized spacial score (nSPS) is 20.6. The molecule has 19 heavy (non-hydrogen) atoms. The number of ether oxygens (including phenoxy) is 1. The molecule has 2 rings (SSSR count). The van der Waals surface area contributed by atoms with E-state index in [0.717, 1.165) is 35.2 Å². The van der Waals surface area contributed by atoms with Gasteiger partial charge in [-0.1, -0.05) is 28.0 Å². The Hall–Kier alpha value is -1.27. The lowest BCUT2D eigenvalue weighted by atomic mass is 10.1. The molecule has 3 N–H and O–H groups in total. The van der Waals surface area contributed by atoms with Crippen molar-refractivity contribution < 1.29 is 9.94 Å². The van der Waals surface area contributed by atoms with Crippen LogP contribution in [0.3, 0.4) is 0 Å². The van der Waals surface area contributed by atoms with Gasteiger partial charge in [0, 0.05) is 28.8 Å². The molecule has 104 valence electrons. The van der Waals surface area contributed by atoms with Crippen molar-refractivity contribution in [2.75, 3.05) is 24.6 Å². The first-order valence-electron chi connectivity index (χ1n) is 6.29. The van der Waals surface area contributed by atoms with Crippen LogP contribution in [0.1, 0.15) is 18.9 Å². The summed E-state index contributed by atoms with van der Waals surface area (Å²) in [6.45, 7) is 4.43. The molecule has 0 aromatic heterocycles. The zero-order valence-corrected chi connectivity index (χ0v) is 12.4. The predicted molar refractivity (Wildman–Crippen MR) is 78.9 cm³/mol. The molecule has 1 aliphatic heterocycles. The standard InChI is InChI=1S/C13H18BrN3O2/c1-2-10-8-17(5-6-19-10)12-7-9(14)3-4-11(12)13(15)16-18/h3-4,7,10,18H,2,5-6,8H2,1H3,(H2,15,16). The van der Waals surface area contributed by atoms with Crippen molar-refractivity contribution in [3.05, 3.63) is 28.2 Å². The summed E-state index contributed by atoms with van der Waals surface area (Å²) in [4.78, 5) is 2.22. The van der Waals surface area contributed by atoms with E-state index in [1.807, 2.05) is 18.2 Å². The molecular formula is C13H18BrN3O2. The quantitative estimate of drug-likeness (QED) is 0.386. The van der Waals surface area contributed by atoms with Crippen LogP contribution in [0.4, 0.5) is 5.69 Å². The maximum absolute atomic E-state index is 8.89. The molecule has 0 aliphatic carbocycles. The van der Waals surface area contributed by atoms with Crippen LogP contribution in [0.5, 0.6) is 0 Å². The summed E-state index contributed by atoms with van der Waals surface area (Å²) >= 11 is 3.47. The smallest absolute Gasteiger partial charge is 0.172 e. The highest BCUT2D eigenvalue weighted by atomic mass is 79.9. The molecule has 1 aromatic carbocycles. The van der Waals surface area contributed by atoms with Crippen molar-refractivity contribution in [3.8, 4) is 0 Å². The van der Waals surface area contributed by atoms with E-state index >= 15 is 0 Å². The molecule has 1 saturated heterocycles. The van der Waals surface area contributed by atoms with Gasteiger partial charge in [-0.25, -0.2) is 0 Å². The number of hydrogen-bond donors (Lipinski definition) is 2. The van der Waals surface area contributed by atoms with Crippen LogP contribution in [0.25, 0.3) is 0 Å². The van der Waals surface area contributed by atoms with Crippen LogP contribution in [-0.4, -0.2) is 36.8 Å². The first-order valence-corrected chi connectivity index (χ1v) is 7.09. The average Bonchev–Trinajstić information content (AvgIpc) is 2.46. The molecule has 1 heterocycles. The van der Waals surface area contributed by atoms with Gasteiger partial charge >= 0.3 is 0 Å². The molecule has 0 bridgehead atoms. The van der Waals surface area contributed by atoms with Gasteiger partial charge in [-0.3, -0.25) is 0 Å². The van der Waals surface area contributed by atoms with E-state index in [1.165, 1.54) is 0 Å². The molecule has 1 fully saturated rings. The van der Waals surface area contributed by atoms with E-state index in [9.17, 15) is 0 Å². The van der Waals surface area contributed by atoms with Crippen molar-refractivity contribution in [2.24, 2.45) is 10.9 Å². The van der Waals surface area contributed by atoms with E-state index < -0.39 is 0 Å². The number of nitrogens with zero attached hydrogens (tertiary/aromatic N) is 2. The first-order chi connectivity index (χ1) is 9.15. The minimum Gasteiger partial charge on any atom is -0.409 e. The Labute approximate surface area is 121 Å². The fraction of sp³-hybridized carbons (Fsp3) is 0.462. The van der Waals surface area contributed by atoms with Crippen LogP contribution in [0.2, 0.25) is 0 Å². The topological polar surface area (TPSA) is 71.1 Å². The second-order valence-electron chi connectivity index (χ2n) is 4.49. The van der Waals surface area contributed by atoms with Crippen LogP contribution >= 0.6 is 15.9 Å². The van der Waals surface area contributed by atoms with Gasteiger partial charge in [0.05, 0.1) is 12.7 Å². The molecule has 5 nitrogen and oxygen atoms in total. The van der Waals surface area contributed by atoms with Gasteiger partial charge in [-0.05, 0) is 24.6 Å². The van der Waals surface area contributed by atoms with Gasteiger partial charge in [-0.15, -0.1) is 0 Å². The van der Waals surface area contributed by atoms with E-state index in [0.29, 0.717) is 6.61 Å². The van der Waals surface area contributed by atoms with E-state index in [4.69, 9.17) is 15.7 Å². The summed E-state index contributed by atoms with van der Waals surface area (Å²) in [5.74, 6) is 0.127. The van der Waals surface area contributed by atoms with Crippen molar-refractivity contribution in [3.63, 3.8) is 0 Å². The second kappa shape index (κ2) is 6.25. The fourth-order valence-electron chi connectivity index (χ4n) is 2.22. The molecule has 1 unspecified atom stereocenters. The maximum atomic E-state index is 8.89. The Balaban J connectivity index is 2.34. The van der Waals surface area contributed by atoms with Gasteiger partial charge in [0.1, 0.15) is 0 Å². The lowest BCUT2D eigenvalue weighted by Crippen LogP contribution is -2.43. The monoisotopic (exact) mass is 327 g/mol. The van der Waals surface area contributed by atoms with Crippen LogP contribution < -0.4 is 10.6 Å².